The lowest BCUT2D eigenvalue weighted by molar-refractivity contribution is -0.137. The quantitative estimate of drug-likeness (QED) is 0.278. The van der Waals surface area contributed by atoms with Crippen molar-refractivity contribution in [2.75, 3.05) is 6.61 Å². The average molecular weight is 345 g/mol. The number of Topliss-reactive ketones (excluding diaryl/α,β-unsaturated/α-hetero) is 1. The standard InChI is InChI=1S/C10H5BrClF3O3/c1-2-18-10(17)9(16)3-4(11)7(14)5(12)8(15)6(3)13/h2H2,1H3. The molecule has 1 aromatic carbocycles. The number of esters is 1. The van der Waals surface area contributed by atoms with Crippen molar-refractivity contribution in [1.29, 1.82) is 0 Å². The molecular formula is C10H5BrClF3O3. The van der Waals surface area contributed by atoms with Gasteiger partial charge in [-0.25, -0.2) is 18.0 Å². The second kappa shape index (κ2) is 5.71. The minimum Gasteiger partial charge on any atom is -0.460 e. The molecule has 0 amide bonds. The molecular weight excluding hydrogens is 340 g/mol. The van der Waals surface area contributed by atoms with Gasteiger partial charge in [-0.1, -0.05) is 11.6 Å². The molecule has 0 aliphatic carbocycles. The van der Waals surface area contributed by atoms with E-state index in [9.17, 15) is 22.8 Å². The van der Waals surface area contributed by atoms with Crippen molar-refractivity contribution in [3.8, 4) is 0 Å². The molecule has 0 radical (unpaired) electrons. The molecule has 0 aliphatic heterocycles. The first-order chi connectivity index (χ1) is 8.32. The van der Waals surface area contributed by atoms with Gasteiger partial charge in [-0.05, 0) is 22.9 Å². The molecule has 1 aromatic rings. The maximum Gasteiger partial charge on any atom is 0.379 e. The molecule has 0 aromatic heterocycles. The van der Waals surface area contributed by atoms with Crippen molar-refractivity contribution in [2.45, 2.75) is 6.92 Å². The fourth-order valence-corrected chi connectivity index (χ4v) is 1.95. The minimum atomic E-state index is -1.75. The van der Waals surface area contributed by atoms with Crippen LogP contribution in [0.2, 0.25) is 5.02 Å². The average Bonchev–Trinajstić information content (AvgIpc) is 2.34. The highest BCUT2D eigenvalue weighted by Gasteiger charge is 2.31. The van der Waals surface area contributed by atoms with E-state index in [2.05, 4.69) is 20.7 Å². The summed E-state index contributed by atoms with van der Waals surface area (Å²) in [5, 5.41) is -1.11. The number of hydrogen-bond donors (Lipinski definition) is 0. The molecule has 0 saturated heterocycles. The Balaban J connectivity index is 3.42. The van der Waals surface area contributed by atoms with E-state index in [4.69, 9.17) is 11.6 Å². The maximum atomic E-state index is 13.5. The molecule has 3 nitrogen and oxygen atoms in total. The molecule has 0 N–H and O–H groups in total. The zero-order valence-corrected chi connectivity index (χ0v) is 11.2. The van der Waals surface area contributed by atoms with Crippen LogP contribution >= 0.6 is 27.5 Å². The Bertz CT molecular complexity index is 505. The molecule has 1 rings (SSSR count). The van der Waals surface area contributed by atoms with Gasteiger partial charge >= 0.3 is 5.97 Å². The first-order valence-corrected chi connectivity index (χ1v) is 5.72. The van der Waals surface area contributed by atoms with E-state index in [1.165, 1.54) is 6.92 Å². The summed E-state index contributed by atoms with van der Waals surface area (Å²) in [5.41, 5.74) is -1.09. The van der Waals surface area contributed by atoms with Crippen LogP contribution in [0.25, 0.3) is 0 Å². The highest BCUT2D eigenvalue weighted by atomic mass is 79.9. The van der Waals surface area contributed by atoms with Gasteiger partial charge in [-0.2, -0.15) is 0 Å². The fraction of sp³-hybridized carbons (Fsp3) is 0.200. The van der Waals surface area contributed by atoms with Gasteiger partial charge in [0.15, 0.2) is 17.5 Å². The topological polar surface area (TPSA) is 43.4 Å². The molecule has 0 atom stereocenters. The third kappa shape index (κ3) is 2.51. The lowest BCUT2D eigenvalue weighted by Crippen LogP contribution is -2.20. The molecule has 98 valence electrons. The van der Waals surface area contributed by atoms with E-state index in [1.807, 2.05) is 0 Å². The third-order valence-electron chi connectivity index (χ3n) is 1.90. The Morgan fingerprint density at radius 1 is 1.22 bits per heavy atom. The van der Waals surface area contributed by atoms with E-state index in [0.717, 1.165) is 0 Å². The van der Waals surface area contributed by atoms with Gasteiger partial charge in [0.25, 0.3) is 5.78 Å². The van der Waals surface area contributed by atoms with Crippen LogP contribution in [-0.2, 0) is 9.53 Å². The van der Waals surface area contributed by atoms with Crippen LogP contribution in [0.4, 0.5) is 13.2 Å². The highest BCUT2D eigenvalue weighted by molar-refractivity contribution is 9.10. The number of halogens is 5. The van der Waals surface area contributed by atoms with Gasteiger partial charge in [-0.15, -0.1) is 0 Å². The smallest absolute Gasteiger partial charge is 0.379 e. The summed E-state index contributed by atoms with van der Waals surface area (Å²) in [4.78, 5) is 22.6. The molecule has 0 heterocycles. The summed E-state index contributed by atoms with van der Waals surface area (Å²) in [6.07, 6.45) is 0. The van der Waals surface area contributed by atoms with Crippen molar-refractivity contribution < 1.29 is 27.5 Å². The number of benzene rings is 1. The van der Waals surface area contributed by atoms with E-state index in [-0.39, 0.29) is 6.61 Å². The fourth-order valence-electron chi connectivity index (χ4n) is 1.10. The summed E-state index contributed by atoms with van der Waals surface area (Å²) in [6.45, 7) is 1.28. The van der Waals surface area contributed by atoms with Gasteiger partial charge < -0.3 is 4.74 Å². The monoisotopic (exact) mass is 344 g/mol. The van der Waals surface area contributed by atoms with Crippen LogP contribution in [-0.4, -0.2) is 18.4 Å². The Hall–Kier alpha value is -1.08. The molecule has 0 bridgehead atoms. The van der Waals surface area contributed by atoms with Gasteiger partial charge in [0.05, 0.1) is 16.6 Å². The predicted octanol–water partition coefficient (Wildman–Crippen LogP) is 3.27. The molecule has 0 spiro atoms. The molecule has 0 unspecified atom stereocenters. The summed E-state index contributed by atoms with van der Waals surface area (Å²) in [6, 6.07) is 0. The second-order valence-electron chi connectivity index (χ2n) is 2.99. The SMILES string of the molecule is CCOC(=O)C(=O)c1c(F)c(F)c(Cl)c(F)c1Br. The Morgan fingerprint density at radius 3 is 2.28 bits per heavy atom. The predicted molar refractivity (Wildman–Crippen MR) is 60.0 cm³/mol. The van der Waals surface area contributed by atoms with Crippen molar-refractivity contribution in [3.63, 3.8) is 0 Å². The van der Waals surface area contributed by atoms with Gasteiger partial charge in [-0.3, -0.25) is 4.79 Å². The van der Waals surface area contributed by atoms with Crippen LogP contribution in [0.3, 0.4) is 0 Å². The summed E-state index contributed by atoms with van der Waals surface area (Å²) in [5.74, 6) is -7.76. The van der Waals surface area contributed by atoms with E-state index in [1.54, 1.807) is 0 Å². The van der Waals surface area contributed by atoms with Crippen molar-refractivity contribution in [1.82, 2.24) is 0 Å². The lowest BCUT2D eigenvalue weighted by Gasteiger charge is -2.08. The number of ketones is 1. The summed E-state index contributed by atoms with van der Waals surface area (Å²) < 4.78 is 43.6. The summed E-state index contributed by atoms with van der Waals surface area (Å²) in [7, 11) is 0. The van der Waals surface area contributed by atoms with Crippen molar-refractivity contribution >= 4 is 39.3 Å². The van der Waals surface area contributed by atoms with Crippen LogP contribution in [0.5, 0.6) is 0 Å². The molecule has 0 aliphatic rings. The first kappa shape index (κ1) is 15.0. The number of ether oxygens (including phenoxy) is 1. The molecule has 18 heavy (non-hydrogen) atoms. The zero-order valence-electron chi connectivity index (χ0n) is 8.82. The van der Waals surface area contributed by atoms with Crippen LogP contribution < -0.4 is 0 Å². The Labute approximate surface area is 113 Å². The normalized spacial score (nSPS) is 10.3. The molecule has 8 heteroatoms. The number of carbonyl (C=O) groups excluding carboxylic acids is 2. The number of rotatable bonds is 3. The highest BCUT2D eigenvalue weighted by Crippen LogP contribution is 2.32. The zero-order chi connectivity index (χ0) is 14.0. The third-order valence-corrected chi connectivity index (χ3v) is 2.97. The summed E-state index contributed by atoms with van der Waals surface area (Å²) >= 11 is 7.70. The van der Waals surface area contributed by atoms with Crippen LogP contribution in [0.1, 0.15) is 17.3 Å². The minimum absolute atomic E-state index is 0.137. The van der Waals surface area contributed by atoms with Gasteiger partial charge in [0, 0.05) is 0 Å². The largest absolute Gasteiger partial charge is 0.460 e. The first-order valence-electron chi connectivity index (χ1n) is 4.55. The molecule has 0 fully saturated rings. The Kier molecular flexibility index (Phi) is 4.75. The number of carbonyl (C=O) groups is 2. The van der Waals surface area contributed by atoms with E-state index >= 15 is 0 Å². The van der Waals surface area contributed by atoms with Gasteiger partial charge in [0.2, 0.25) is 0 Å². The van der Waals surface area contributed by atoms with E-state index < -0.39 is 44.3 Å². The molecule has 0 saturated carbocycles. The van der Waals surface area contributed by atoms with Crippen molar-refractivity contribution in [2.24, 2.45) is 0 Å². The Morgan fingerprint density at radius 2 is 1.78 bits per heavy atom. The number of hydrogen-bond acceptors (Lipinski definition) is 3. The maximum absolute atomic E-state index is 13.5. The lowest BCUT2D eigenvalue weighted by atomic mass is 10.1. The van der Waals surface area contributed by atoms with Crippen molar-refractivity contribution in [3.05, 3.63) is 32.5 Å². The van der Waals surface area contributed by atoms with E-state index in [0.29, 0.717) is 0 Å². The van der Waals surface area contributed by atoms with Crippen LogP contribution in [0, 0.1) is 17.5 Å². The second-order valence-corrected chi connectivity index (χ2v) is 4.17. The van der Waals surface area contributed by atoms with Gasteiger partial charge in [0.1, 0.15) is 5.02 Å². The van der Waals surface area contributed by atoms with Crippen LogP contribution in [0.15, 0.2) is 4.47 Å².